The number of hydrogen-bond donors (Lipinski definition) is 0. The summed E-state index contributed by atoms with van der Waals surface area (Å²) in [4.78, 5) is 46.8. The second-order valence-corrected chi connectivity index (χ2v) is 7.93. The summed E-state index contributed by atoms with van der Waals surface area (Å²) < 4.78 is 4.85. The molecule has 0 bridgehead atoms. The smallest absolute Gasteiger partial charge is 0.410 e. The number of β-lactam (4-membered cyclic amide) rings is 1. The predicted molar refractivity (Wildman–Crippen MR) is 104 cm³/mol. The van der Waals surface area contributed by atoms with Crippen molar-refractivity contribution in [3.8, 4) is 0 Å². The van der Waals surface area contributed by atoms with Crippen LogP contribution in [0.15, 0.2) is 47.4 Å². The summed E-state index contributed by atoms with van der Waals surface area (Å²) in [6.07, 6.45) is 6.27. The highest BCUT2D eigenvalue weighted by Gasteiger charge is 2.62. The zero-order chi connectivity index (χ0) is 20.3. The second kappa shape index (κ2) is 6.43. The minimum atomic E-state index is -0.451. The lowest BCUT2D eigenvalue weighted by molar-refractivity contribution is -0.150. The molecule has 3 amide bonds. The Labute approximate surface area is 168 Å². The number of anilines is 1. The number of nitrogens with zero attached hydrogens (tertiary/aromatic N) is 4. The van der Waals surface area contributed by atoms with E-state index in [4.69, 9.17) is 4.74 Å². The molecule has 29 heavy (non-hydrogen) atoms. The maximum Gasteiger partial charge on any atom is 0.410 e. The summed E-state index contributed by atoms with van der Waals surface area (Å²) in [5, 5.41) is 0. The van der Waals surface area contributed by atoms with Crippen LogP contribution in [0.25, 0.3) is 0 Å². The largest absolute Gasteiger partial charge is 0.453 e. The molecule has 8 heteroatoms. The lowest BCUT2D eigenvalue weighted by atomic mass is 9.79. The van der Waals surface area contributed by atoms with E-state index in [-0.39, 0.29) is 23.8 Å². The molecule has 3 saturated heterocycles. The summed E-state index contributed by atoms with van der Waals surface area (Å²) in [7, 11) is 1.34. The molecule has 0 saturated carbocycles. The van der Waals surface area contributed by atoms with Crippen molar-refractivity contribution in [3.63, 3.8) is 0 Å². The Morgan fingerprint density at radius 1 is 1.34 bits per heavy atom. The van der Waals surface area contributed by atoms with Crippen molar-refractivity contribution in [2.75, 3.05) is 25.1 Å². The third kappa shape index (κ3) is 2.51. The molecule has 0 radical (unpaired) electrons. The van der Waals surface area contributed by atoms with Gasteiger partial charge in [-0.15, -0.1) is 0 Å². The van der Waals surface area contributed by atoms with Crippen LogP contribution in [-0.2, 0) is 14.3 Å². The summed E-state index contributed by atoms with van der Waals surface area (Å²) in [5.74, 6) is 0.0832. The molecule has 0 spiro atoms. The van der Waals surface area contributed by atoms with Crippen LogP contribution >= 0.6 is 0 Å². The summed E-state index contributed by atoms with van der Waals surface area (Å²) in [6.45, 7) is 3.05. The van der Waals surface area contributed by atoms with Gasteiger partial charge in [-0.05, 0) is 43.5 Å². The summed E-state index contributed by atoms with van der Waals surface area (Å²) in [6, 6.07) is 3.31. The van der Waals surface area contributed by atoms with Gasteiger partial charge in [0.25, 0.3) is 11.8 Å². The Balaban J connectivity index is 1.41. The first-order valence-electron chi connectivity index (χ1n) is 9.81. The molecule has 1 unspecified atom stereocenters. The molecule has 5 heterocycles. The molecule has 4 aliphatic rings. The third-order valence-corrected chi connectivity index (χ3v) is 6.51. The van der Waals surface area contributed by atoms with E-state index in [1.54, 1.807) is 27.1 Å². The van der Waals surface area contributed by atoms with Crippen LogP contribution in [0.1, 0.15) is 19.8 Å². The molecule has 150 valence electrons. The fourth-order valence-corrected chi connectivity index (χ4v) is 5.10. The number of likely N-dealkylation sites (tertiary alicyclic amines) is 1. The molecule has 3 fully saturated rings. The minimum Gasteiger partial charge on any atom is -0.453 e. The average Bonchev–Trinajstić information content (AvgIpc) is 3.27. The molecule has 8 nitrogen and oxygen atoms in total. The Bertz CT molecular complexity index is 970. The quantitative estimate of drug-likeness (QED) is 0.563. The SMILES string of the molecule is COC(=O)N1CC2CC(/C=C3\CCN(c4cccnc4)C3=O)=C(C)N3C(=O)[C@@H]1[C@@H]23. The zero-order valence-electron chi connectivity index (χ0n) is 16.4. The highest BCUT2D eigenvalue weighted by atomic mass is 16.5. The van der Waals surface area contributed by atoms with Crippen molar-refractivity contribution in [2.24, 2.45) is 5.92 Å². The molecule has 0 aromatic carbocycles. The maximum atomic E-state index is 12.9. The van der Waals surface area contributed by atoms with Gasteiger partial charge in [0.05, 0.1) is 25.0 Å². The fourth-order valence-electron chi connectivity index (χ4n) is 5.10. The Kier molecular flexibility index (Phi) is 3.97. The summed E-state index contributed by atoms with van der Waals surface area (Å²) in [5.41, 5.74) is 3.43. The van der Waals surface area contributed by atoms with E-state index in [0.717, 1.165) is 29.0 Å². The predicted octanol–water partition coefficient (Wildman–Crippen LogP) is 1.70. The molecular formula is C21H22N4O4. The molecule has 0 aliphatic carbocycles. The van der Waals surface area contributed by atoms with Crippen LogP contribution in [0.2, 0.25) is 0 Å². The number of aromatic nitrogens is 1. The van der Waals surface area contributed by atoms with Gasteiger partial charge in [0, 0.05) is 36.5 Å². The topological polar surface area (TPSA) is 83.1 Å². The number of ether oxygens (including phenoxy) is 1. The third-order valence-electron chi connectivity index (χ3n) is 6.51. The van der Waals surface area contributed by atoms with Crippen molar-refractivity contribution in [2.45, 2.75) is 31.8 Å². The standard InChI is InChI=1S/C21H22N4O4/c1-12-14(8-13-5-7-23(19(13)26)16-4-3-6-22-10-16)9-15-11-24(21(28)29-2)18-17(15)25(12)20(18)27/h3-4,6,8,10,15,17-18H,5,7,9,11H2,1-2H3/b13-8+/t15?,17-,18+/m1/s1. The van der Waals surface area contributed by atoms with Gasteiger partial charge in [0.1, 0.15) is 6.04 Å². The van der Waals surface area contributed by atoms with Crippen LogP contribution < -0.4 is 4.90 Å². The number of rotatable bonds is 2. The van der Waals surface area contributed by atoms with Gasteiger partial charge >= 0.3 is 6.09 Å². The van der Waals surface area contributed by atoms with Crippen LogP contribution in [-0.4, -0.2) is 65.0 Å². The van der Waals surface area contributed by atoms with Gasteiger partial charge in [-0.1, -0.05) is 0 Å². The number of pyridine rings is 1. The number of hydrogen-bond acceptors (Lipinski definition) is 5. The van der Waals surface area contributed by atoms with Crippen molar-refractivity contribution >= 4 is 23.6 Å². The molecule has 5 rings (SSSR count). The maximum absolute atomic E-state index is 12.9. The fraction of sp³-hybridized carbons (Fsp3) is 0.429. The van der Waals surface area contributed by atoms with E-state index in [1.807, 2.05) is 25.1 Å². The van der Waals surface area contributed by atoms with Gasteiger partial charge in [-0.3, -0.25) is 19.5 Å². The normalized spacial score (nSPS) is 29.5. The first-order chi connectivity index (χ1) is 14.0. The average molecular weight is 394 g/mol. The van der Waals surface area contributed by atoms with Crippen molar-refractivity contribution in [3.05, 3.63) is 47.4 Å². The molecular weight excluding hydrogens is 372 g/mol. The van der Waals surface area contributed by atoms with Crippen molar-refractivity contribution in [1.82, 2.24) is 14.8 Å². The minimum absolute atomic E-state index is 0.0177. The van der Waals surface area contributed by atoms with E-state index >= 15 is 0 Å². The lowest BCUT2D eigenvalue weighted by Crippen LogP contribution is -2.68. The van der Waals surface area contributed by atoms with Crippen LogP contribution in [0.4, 0.5) is 10.5 Å². The molecule has 1 aromatic heterocycles. The van der Waals surface area contributed by atoms with Gasteiger partial charge < -0.3 is 14.5 Å². The van der Waals surface area contributed by atoms with Gasteiger partial charge in [0.2, 0.25) is 0 Å². The number of methoxy groups -OCH3 is 1. The second-order valence-electron chi connectivity index (χ2n) is 7.93. The van der Waals surface area contributed by atoms with E-state index in [1.165, 1.54) is 7.11 Å². The van der Waals surface area contributed by atoms with Crippen LogP contribution in [0.3, 0.4) is 0 Å². The van der Waals surface area contributed by atoms with Crippen molar-refractivity contribution in [1.29, 1.82) is 0 Å². The number of carbonyl (C=O) groups is 3. The molecule has 1 aromatic rings. The van der Waals surface area contributed by atoms with Gasteiger partial charge in [-0.25, -0.2) is 4.79 Å². The van der Waals surface area contributed by atoms with Crippen LogP contribution in [0, 0.1) is 5.92 Å². The highest BCUT2D eigenvalue weighted by molar-refractivity contribution is 6.08. The van der Waals surface area contributed by atoms with Gasteiger partial charge in [0.15, 0.2) is 0 Å². The Hall–Kier alpha value is -3.16. The first-order valence-corrected chi connectivity index (χ1v) is 9.81. The number of allylic oxidation sites excluding steroid dienone is 3. The van der Waals surface area contributed by atoms with E-state index in [0.29, 0.717) is 19.5 Å². The summed E-state index contributed by atoms with van der Waals surface area (Å²) >= 11 is 0. The monoisotopic (exact) mass is 394 g/mol. The lowest BCUT2D eigenvalue weighted by Gasteiger charge is -2.50. The molecule has 3 atom stereocenters. The molecule has 4 aliphatic heterocycles. The van der Waals surface area contributed by atoms with E-state index in [2.05, 4.69) is 4.98 Å². The number of carbonyl (C=O) groups excluding carboxylic acids is 3. The van der Waals surface area contributed by atoms with Gasteiger partial charge in [-0.2, -0.15) is 0 Å². The van der Waals surface area contributed by atoms with Crippen molar-refractivity contribution < 1.29 is 19.1 Å². The van der Waals surface area contributed by atoms with Crippen LogP contribution in [0.5, 0.6) is 0 Å². The highest BCUT2D eigenvalue weighted by Crippen LogP contribution is 2.47. The zero-order valence-corrected chi connectivity index (χ0v) is 16.4. The molecule has 0 N–H and O–H groups in total. The first kappa shape index (κ1) is 17.9. The van der Waals surface area contributed by atoms with E-state index in [9.17, 15) is 14.4 Å². The Morgan fingerprint density at radius 2 is 2.17 bits per heavy atom. The number of amides is 3. The Morgan fingerprint density at radius 3 is 2.90 bits per heavy atom. The van der Waals surface area contributed by atoms with E-state index < -0.39 is 12.1 Å².